The van der Waals surface area contributed by atoms with Gasteiger partial charge in [-0.25, -0.2) is 9.78 Å². The third-order valence-electron chi connectivity index (χ3n) is 3.62. The minimum absolute atomic E-state index is 0.139. The van der Waals surface area contributed by atoms with E-state index in [1.54, 1.807) is 19.1 Å². The molecule has 26 heavy (non-hydrogen) atoms. The lowest BCUT2D eigenvalue weighted by Gasteiger charge is -2.09. The molecule has 0 aliphatic heterocycles. The van der Waals surface area contributed by atoms with Gasteiger partial charge in [-0.15, -0.1) is 0 Å². The molecule has 1 aromatic carbocycles. The van der Waals surface area contributed by atoms with Crippen LogP contribution >= 0.6 is 0 Å². The first-order chi connectivity index (χ1) is 12.5. The van der Waals surface area contributed by atoms with Gasteiger partial charge in [0.1, 0.15) is 5.75 Å². The fourth-order valence-electron chi connectivity index (χ4n) is 2.10. The Morgan fingerprint density at radius 2 is 1.92 bits per heavy atom. The molecule has 0 atom stereocenters. The molecule has 0 bridgehead atoms. The largest absolute Gasteiger partial charge is 0.450 e. The van der Waals surface area contributed by atoms with Crippen LogP contribution in [0.1, 0.15) is 24.5 Å². The zero-order valence-electron chi connectivity index (χ0n) is 15.2. The highest BCUT2D eigenvalue weighted by atomic mass is 16.5. The van der Waals surface area contributed by atoms with Gasteiger partial charge in [0, 0.05) is 19.0 Å². The van der Waals surface area contributed by atoms with Crippen molar-refractivity contribution in [1.29, 1.82) is 0 Å². The Balaban J connectivity index is 1.82. The Kier molecular flexibility index (Phi) is 6.96. The van der Waals surface area contributed by atoms with Crippen LogP contribution in [-0.2, 0) is 9.53 Å². The molecule has 0 radical (unpaired) electrons. The number of anilines is 1. The van der Waals surface area contributed by atoms with Crippen molar-refractivity contribution in [2.45, 2.75) is 27.2 Å². The summed E-state index contributed by atoms with van der Waals surface area (Å²) in [7, 11) is 0. The maximum atomic E-state index is 11.8. The molecule has 2 amide bonds. The lowest BCUT2D eigenvalue weighted by Crippen LogP contribution is -2.28. The summed E-state index contributed by atoms with van der Waals surface area (Å²) in [6.07, 6.45) is 1.13. The summed E-state index contributed by atoms with van der Waals surface area (Å²) >= 11 is 0. The number of pyridine rings is 1. The van der Waals surface area contributed by atoms with Crippen LogP contribution in [0.2, 0.25) is 0 Å². The summed E-state index contributed by atoms with van der Waals surface area (Å²) < 4.78 is 10.4. The number of nitrogens with one attached hydrogen (secondary N) is 2. The van der Waals surface area contributed by atoms with Crippen LogP contribution in [-0.4, -0.2) is 30.1 Å². The molecule has 2 rings (SSSR count). The van der Waals surface area contributed by atoms with Crippen LogP contribution in [0.15, 0.2) is 36.5 Å². The van der Waals surface area contributed by atoms with Crippen LogP contribution in [0.25, 0.3) is 0 Å². The van der Waals surface area contributed by atoms with Gasteiger partial charge >= 0.3 is 6.09 Å². The highest BCUT2D eigenvalue weighted by Crippen LogP contribution is 2.22. The van der Waals surface area contributed by atoms with E-state index in [1.807, 2.05) is 32.0 Å². The molecule has 0 saturated heterocycles. The molecule has 7 heteroatoms. The number of benzene rings is 1. The van der Waals surface area contributed by atoms with Gasteiger partial charge in [0.15, 0.2) is 0 Å². The molecule has 2 N–H and O–H groups in total. The predicted octanol–water partition coefficient (Wildman–Crippen LogP) is 3.57. The van der Waals surface area contributed by atoms with Crippen molar-refractivity contribution in [2.75, 3.05) is 18.5 Å². The Hall–Kier alpha value is -3.09. The number of aryl methyl sites for hydroxylation is 2. The number of carbonyl (C=O) groups excluding carboxylic acids is 2. The molecule has 138 valence electrons. The lowest BCUT2D eigenvalue weighted by molar-refractivity contribution is -0.116. The number of hydrogen-bond donors (Lipinski definition) is 2. The van der Waals surface area contributed by atoms with Gasteiger partial charge in [-0.3, -0.25) is 4.79 Å². The van der Waals surface area contributed by atoms with Crippen molar-refractivity contribution in [3.05, 3.63) is 47.7 Å². The summed E-state index contributed by atoms with van der Waals surface area (Å²) in [5.41, 5.74) is 2.89. The van der Waals surface area contributed by atoms with E-state index in [0.717, 1.165) is 5.56 Å². The van der Waals surface area contributed by atoms with Gasteiger partial charge in [-0.2, -0.15) is 0 Å². The van der Waals surface area contributed by atoms with Crippen LogP contribution in [0.5, 0.6) is 11.6 Å². The molecule has 0 aliphatic carbocycles. The number of rotatable bonds is 7. The number of carbonyl (C=O) groups is 2. The Labute approximate surface area is 152 Å². The van der Waals surface area contributed by atoms with Crippen molar-refractivity contribution < 1.29 is 19.1 Å². The van der Waals surface area contributed by atoms with E-state index < -0.39 is 6.09 Å². The van der Waals surface area contributed by atoms with Gasteiger partial charge in [0.05, 0.1) is 18.5 Å². The summed E-state index contributed by atoms with van der Waals surface area (Å²) in [6.45, 7) is 6.27. The first-order valence-corrected chi connectivity index (χ1v) is 8.39. The van der Waals surface area contributed by atoms with Crippen LogP contribution in [0.3, 0.4) is 0 Å². The maximum Gasteiger partial charge on any atom is 0.407 e. The molecule has 7 nitrogen and oxygen atoms in total. The molecule has 1 aromatic heterocycles. The van der Waals surface area contributed by atoms with Crippen molar-refractivity contribution in [3.63, 3.8) is 0 Å². The van der Waals surface area contributed by atoms with Crippen molar-refractivity contribution in [2.24, 2.45) is 0 Å². The van der Waals surface area contributed by atoms with Crippen LogP contribution in [0, 0.1) is 13.8 Å². The van der Waals surface area contributed by atoms with E-state index in [2.05, 4.69) is 15.6 Å². The predicted molar refractivity (Wildman–Crippen MR) is 98.5 cm³/mol. The van der Waals surface area contributed by atoms with E-state index in [9.17, 15) is 9.59 Å². The monoisotopic (exact) mass is 357 g/mol. The average molecular weight is 357 g/mol. The Morgan fingerprint density at radius 3 is 2.58 bits per heavy atom. The second-order valence-electron chi connectivity index (χ2n) is 5.68. The van der Waals surface area contributed by atoms with Gasteiger partial charge in [0.25, 0.3) is 0 Å². The van der Waals surface area contributed by atoms with Gasteiger partial charge < -0.3 is 20.1 Å². The normalized spacial score (nSPS) is 10.1. The van der Waals surface area contributed by atoms with E-state index >= 15 is 0 Å². The fourth-order valence-corrected chi connectivity index (χ4v) is 2.10. The van der Waals surface area contributed by atoms with Crippen molar-refractivity contribution in [3.8, 4) is 11.6 Å². The van der Waals surface area contributed by atoms with E-state index in [4.69, 9.17) is 9.47 Å². The lowest BCUT2D eigenvalue weighted by atomic mass is 10.1. The zero-order chi connectivity index (χ0) is 18.9. The minimum atomic E-state index is -0.533. The Bertz CT molecular complexity index is 760. The van der Waals surface area contributed by atoms with Crippen LogP contribution in [0.4, 0.5) is 10.5 Å². The molecule has 0 unspecified atom stereocenters. The van der Waals surface area contributed by atoms with E-state index in [-0.39, 0.29) is 18.9 Å². The summed E-state index contributed by atoms with van der Waals surface area (Å²) in [5, 5.41) is 5.19. The Morgan fingerprint density at radius 1 is 1.12 bits per heavy atom. The minimum Gasteiger partial charge on any atom is -0.450 e. The number of ether oxygens (including phenoxy) is 2. The number of hydrogen-bond acceptors (Lipinski definition) is 5. The van der Waals surface area contributed by atoms with Crippen LogP contribution < -0.4 is 15.4 Å². The molecular weight excluding hydrogens is 334 g/mol. The molecule has 0 saturated carbocycles. The first kappa shape index (κ1) is 19.2. The first-order valence-electron chi connectivity index (χ1n) is 8.39. The third-order valence-corrected chi connectivity index (χ3v) is 3.62. The van der Waals surface area contributed by atoms with Gasteiger partial charge in [0.2, 0.25) is 11.8 Å². The zero-order valence-corrected chi connectivity index (χ0v) is 15.2. The smallest absolute Gasteiger partial charge is 0.407 e. The molecular formula is C19H23N3O4. The summed E-state index contributed by atoms with van der Waals surface area (Å²) in [6, 6.07) is 9.21. The highest BCUT2D eigenvalue weighted by Gasteiger charge is 2.06. The van der Waals surface area contributed by atoms with Gasteiger partial charge in [-0.05, 0) is 50.1 Å². The number of aromatic nitrogens is 1. The second kappa shape index (κ2) is 9.41. The van der Waals surface area contributed by atoms with Crippen molar-refractivity contribution in [1.82, 2.24) is 10.3 Å². The molecule has 2 aromatic rings. The SMILES string of the molecule is CCOC(=O)NCCC(=O)Nc1ccc(Oc2ccc(C)c(C)c2)nc1. The fraction of sp³-hybridized carbons (Fsp3) is 0.316. The topological polar surface area (TPSA) is 89.5 Å². The summed E-state index contributed by atoms with van der Waals surface area (Å²) in [5.74, 6) is 0.920. The average Bonchev–Trinajstić information content (AvgIpc) is 2.60. The number of alkyl carbamates (subject to hydrolysis) is 1. The van der Waals surface area contributed by atoms with Crippen molar-refractivity contribution >= 4 is 17.7 Å². The second-order valence-corrected chi connectivity index (χ2v) is 5.68. The number of amides is 2. The molecule has 0 spiro atoms. The standard InChI is InChI=1S/C19H23N3O4/c1-4-25-19(24)20-10-9-17(23)22-15-6-8-18(21-12-15)26-16-7-5-13(2)14(3)11-16/h5-8,11-12H,4,9-10H2,1-3H3,(H,20,24)(H,22,23). The summed E-state index contributed by atoms with van der Waals surface area (Å²) in [4.78, 5) is 27.1. The van der Waals surface area contributed by atoms with E-state index in [1.165, 1.54) is 11.8 Å². The molecule has 0 aliphatic rings. The number of nitrogens with zero attached hydrogens (tertiary/aromatic N) is 1. The highest BCUT2D eigenvalue weighted by molar-refractivity contribution is 5.90. The third kappa shape index (κ3) is 6.08. The van der Waals surface area contributed by atoms with E-state index in [0.29, 0.717) is 23.9 Å². The quantitative estimate of drug-likeness (QED) is 0.791. The molecule has 0 fully saturated rings. The maximum absolute atomic E-state index is 11.8. The van der Waals surface area contributed by atoms with Gasteiger partial charge in [-0.1, -0.05) is 6.07 Å². The molecule has 1 heterocycles.